The Balaban J connectivity index is 1.62. The molecule has 1 amide bonds. The molecule has 0 fully saturated rings. The number of sulfonamides is 1. The van der Waals surface area contributed by atoms with E-state index in [1.54, 1.807) is 30.3 Å². The molecule has 0 saturated carbocycles. The number of hydrogen-bond acceptors (Lipinski definition) is 5. The van der Waals surface area contributed by atoms with Gasteiger partial charge in [-0.2, -0.15) is 0 Å². The Morgan fingerprint density at radius 1 is 1.15 bits per heavy atom. The highest BCUT2D eigenvalue weighted by molar-refractivity contribution is 7.89. The van der Waals surface area contributed by atoms with Crippen LogP contribution >= 0.6 is 0 Å². The number of ether oxygens (including phenoxy) is 1. The Morgan fingerprint density at radius 3 is 2.67 bits per heavy atom. The van der Waals surface area contributed by atoms with E-state index in [2.05, 4.69) is 4.72 Å². The zero-order chi connectivity index (χ0) is 19.3. The summed E-state index contributed by atoms with van der Waals surface area (Å²) in [5, 5.41) is 9.01. The van der Waals surface area contributed by atoms with Crippen LogP contribution in [0.1, 0.15) is 11.1 Å². The van der Waals surface area contributed by atoms with Crippen LogP contribution in [-0.4, -0.2) is 50.6 Å². The van der Waals surface area contributed by atoms with Crippen molar-refractivity contribution in [2.45, 2.75) is 17.9 Å². The van der Waals surface area contributed by atoms with E-state index in [-0.39, 0.29) is 24.0 Å². The highest BCUT2D eigenvalue weighted by Crippen LogP contribution is 2.22. The summed E-state index contributed by atoms with van der Waals surface area (Å²) in [5.74, 6) is 0.323. The van der Waals surface area contributed by atoms with Gasteiger partial charge in [-0.1, -0.05) is 24.3 Å². The van der Waals surface area contributed by atoms with Crippen molar-refractivity contribution in [3.05, 3.63) is 59.7 Å². The summed E-state index contributed by atoms with van der Waals surface area (Å²) < 4.78 is 33.0. The second kappa shape index (κ2) is 8.51. The number of fused-ring (bicyclic) bond motifs is 1. The number of carbonyl (C=O) groups is 1. The minimum atomic E-state index is -3.67. The zero-order valence-corrected chi connectivity index (χ0v) is 15.6. The molecule has 1 heterocycles. The molecule has 1 aliphatic heterocycles. The molecule has 0 bridgehead atoms. The van der Waals surface area contributed by atoms with Gasteiger partial charge in [-0.25, -0.2) is 13.1 Å². The molecule has 7 nitrogen and oxygen atoms in total. The SMILES string of the molecule is O=C(CO)N1CCc2ccc(S(=O)(=O)NCCOc3ccccc3)cc2C1. The standard InChI is InChI=1S/C19H22N2O5S/c22-14-19(23)21-10-8-15-6-7-18(12-16(15)13-21)27(24,25)20-9-11-26-17-4-2-1-3-5-17/h1-7,12,20,22H,8-11,13-14H2. The molecular formula is C19H22N2O5S. The predicted octanol–water partition coefficient (Wildman–Crippen LogP) is 0.921. The molecule has 2 aromatic carbocycles. The van der Waals surface area contributed by atoms with Crippen molar-refractivity contribution in [2.24, 2.45) is 0 Å². The minimum absolute atomic E-state index is 0.142. The molecule has 144 valence electrons. The van der Waals surface area contributed by atoms with Crippen molar-refractivity contribution in [2.75, 3.05) is 26.3 Å². The summed E-state index contributed by atoms with van der Waals surface area (Å²) in [6, 6.07) is 14.1. The van der Waals surface area contributed by atoms with E-state index < -0.39 is 16.6 Å². The number of rotatable bonds is 7. The van der Waals surface area contributed by atoms with E-state index >= 15 is 0 Å². The Labute approximate surface area is 158 Å². The first kappa shape index (κ1) is 19.3. The monoisotopic (exact) mass is 390 g/mol. The fraction of sp³-hybridized carbons (Fsp3) is 0.316. The maximum Gasteiger partial charge on any atom is 0.248 e. The molecule has 0 saturated heterocycles. The highest BCUT2D eigenvalue weighted by Gasteiger charge is 2.22. The van der Waals surface area contributed by atoms with Crippen molar-refractivity contribution < 1.29 is 23.1 Å². The van der Waals surface area contributed by atoms with E-state index in [1.807, 2.05) is 18.2 Å². The lowest BCUT2D eigenvalue weighted by Crippen LogP contribution is -2.37. The van der Waals surface area contributed by atoms with Gasteiger partial charge in [0.1, 0.15) is 19.0 Å². The largest absolute Gasteiger partial charge is 0.492 e. The van der Waals surface area contributed by atoms with Gasteiger partial charge in [0.2, 0.25) is 15.9 Å². The van der Waals surface area contributed by atoms with Crippen LogP contribution < -0.4 is 9.46 Å². The van der Waals surface area contributed by atoms with Crippen molar-refractivity contribution in [3.63, 3.8) is 0 Å². The maximum absolute atomic E-state index is 12.5. The first-order valence-electron chi connectivity index (χ1n) is 8.67. The minimum Gasteiger partial charge on any atom is -0.492 e. The molecular weight excluding hydrogens is 368 g/mol. The Kier molecular flexibility index (Phi) is 6.10. The van der Waals surface area contributed by atoms with E-state index in [4.69, 9.17) is 9.84 Å². The molecule has 8 heteroatoms. The van der Waals surface area contributed by atoms with Crippen LogP contribution in [0.15, 0.2) is 53.4 Å². The molecule has 27 heavy (non-hydrogen) atoms. The Morgan fingerprint density at radius 2 is 1.93 bits per heavy atom. The number of aliphatic hydroxyl groups is 1. The molecule has 2 aromatic rings. The smallest absolute Gasteiger partial charge is 0.248 e. The van der Waals surface area contributed by atoms with Crippen LogP contribution in [0.4, 0.5) is 0 Å². The Hall–Kier alpha value is -2.42. The van der Waals surface area contributed by atoms with Gasteiger partial charge < -0.3 is 14.7 Å². The number of hydrogen-bond donors (Lipinski definition) is 2. The van der Waals surface area contributed by atoms with Crippen LogP contribution in [0.2, 0.25) is 0 Å². The average molecular weight is 390 g/mol. The lowest BCUT2D eigenvalue weighted by Gasteiger charge is -2.28. The second-order valence-electron chi connectivity index (χ2n) is 6.21. The first-order valence-corrected chi connectivity index (χ1v) is 10.2. The quantitative estimate of drug-likeness (QED) is 0.686. The topological polar surface area (TPSA) is 95.9 Å². The zero-order valence-electron chi connectivity index (χ0n) is 14.8. The number of nitrogens with one attached hydrogen (secondary N) is 1. The molecule has 0 atom stereocenters. The third-order valence-corrected chi connectivity index (χ3v) is 5.85. The van der Waals surface area contributed by atoms with Gasteiger partial charge in [0.15, 0.2) is 0 Å². The van der Waals surface area contributed by atoms with Gasteiger partial charge in [-0.05, 0) is 41.8 Å². The van der Waals surface area contributed by atoms with Crippen LogP contribution in [0.5, 0.6) is 5.75 Å². The Bertz CT molecular complexity index is 900. The molecule has 0 aromatic heterocycles. The summed E-state index contributed by atoms with van der Waals surface area (Å²) >= 11 is 0. The van der Waals surface area contributed by atoms with Crippen LogP contribution in [0.25, 0.3) is 0 Å². The van der Waals surface area contributed by atoms with Gasteiger partial charge in [-0.15, -0.1) is 0 Å². The number of aliphatic hydroxyl groups excluding tert-OH is 1. The number of carbonyl (C=O) groups excluding carboxylic acids is 1. The van der Waals surface area contributed by atoms with E-state index in [9.17, 15) is 13.2 Å². The molecule has 0 spiro atoms. The van der Waals surface area contributed by atoms with Gasteiger partial charge in [0.05, 0.1) is 4.90 Å². The predicted molar refractivity (Wildman–Crippen MR) is 99.8 cm³/mol. The van der Waals surface area contributed by atoms with Crippen molar-refractivity contribution in [1.82, 2.24) is 9.62 Å². The summed E-state index contributed by atoms with van der Waals surface area (Å²) in [6.45, 7) is 0.634. The number of benzene rings is 2. The third kappa shape index (κ3) is 4.85. The van der Waals surface area contributed by atoms with Crippen molar-refractivity contribution in [3.8, 4) is 5.75 Å². The maximum atomic E-state index is 12.5. The number of nitrogens with zero attached hydrogens (tertiary/aromatic N) is 1. The van der Waals surface area contributed by atoms with Gasteiger partial charge >= 0.3 is 0 Å². The molecule has 3 rings (SSSR count). The molecule has 0 aliphatic carbocycles. The number of amides is 1. The molecule has 0 unspecified atom stereocenters. The summed E-state index contributed by atoms with van der Waals surface area (Å²) in [5.41, 5.74) is 1.80. The first-order chi connectivity index (χ1) is 13.0. The molecule has 2 N–H and O–H groups in total. The van der Waals surface area contributed by atoms with Crippen molar-refractivity contribution >= 4 is 15.9 Å². The third-order valence-electron chi connectivity index (χ3n) is 4.39. The van der Waals surface area contributed by atoms with Gasteiger partial charge in [-0.3, -0.25) is 4.79 Å². The summed E-state index contributed by atoms with van der Waals surface area (Å²) in [6.07, 6.45) is 0.639. The highest BCUT2D eigenvalue weighted by atomic mass is 32.2. The lowest BCUT2D eigenvalue weighted by molar-refractivity contribution is -0.135. The van der Waals surface area contributed by atoms with Crippen LogP contribution in [-0.2, 0) is 27.8 Å². The van der Waals surface area contributed by atoms with E-state index in [1.165, 1.54) is 4.90 Å². The molecule has 0 radical (unpaired) electrons. The lowest BCUT2D eigenvalue weighted by atomic mass is 10.00. The summed E-state index contributed by atoms with van der Waals surface area (Å²) in [4.78, 5) is 13.4. The van der Waals surface area contributed by atoms with Gasteiger partial charge in [0.25, 0.3) is 0 Å². The number of para-hydroxylation sites is 1. The fourth-order valence-electron chi connectivity index (χ4n) is 2.96. The second-order valence-corrected chi connectivity index (χ2v) is 7.98. The average Bonchev–Trinajstić information content (AvgIpc) is 2.70. The molecule has 1 aliphatic rings. The normalized spacial score (nSPS) is 13.9. The fourth-order valence-corrected chi connectivity index (χ4v) is 4.02. The van der Waals surface area contributed by atoms with E-state index in [0.717, 1.165) is 11.1 Å². The van der Waals surface area contributed by atoms with Crippen molar-refractivity contribution in [1.29, 1.82) is 0 Å². The summed E-state index contributed by atoms with van der Waals surface area (Å²) in [7, 11) is -3.67. The van der Waals surface area contributed by atoms with E-state index in [0.29, 0.717) is 25.3 Å². The van der Waals surface area contributed by atoms with Crippen LogP contribution in [0.3, 0.4) is 0 Å². The van der Waals surface area contributed by atoms with Crippen LogP contribution in [0, 0.1) is 0 Å². The van der Waals surface area contributed by atoms with Gasteiger partial charge in [0, 0.05) is 19.6 Å².